The average molecular weight is 275 g/mol. The molecule has 1 aromatic rings. The summed E-state index contributed by atoms with van der Waals surface area (Å²) in [6.07, 6.45) is 5.20. The van der Waals surface area contributed by atoms with Crippen LogP contribution in [0.4, 0.5) is 5.69 Å². The largest absolute Gasteiger partial charge is 0.378 e. The van der Waals surface area contributed by atoms with Gasteiger partial charge < -0.3 is 10.6 Å². The Bertz CT molecular complexity index is 395. The Morgan fingerprint density at radius 1 is 1.20 bits per heavy atom. The molecule has 2 rings (SSSR count). The summed E-state index contributed by atoms with van der Waals surface area (Å²) in [5, 5.41) is 0. The fraction of sp³-hybridized carbons (Fsp3) is 0.647. The van der Waals surface area contributed by atoms with Gasteiger partial charge in [0.15, 0.2) is 0 Å². The van der Waals surface area contributed by atoms with Crippen LogP contribution in [0.5, 0.6) is 0 Å². The van der Waals surface area contributed by atoms with Gasteiger partial charge in [-0.25, -0.2) is 0 Å². The van der Waals surface area contributed by atoms with Gasteiger partial charge in [-0.3, -0.25) is 4.90 Å². The summed E-state index contributed by atoms with van der Waals surface area (Å²) in [6.45, 7) is 4.15. The molecule has 1 fully saturated rings. The highest BCUT2D eigenvalue weighted by molar-refractivity contribution is 5.46. The van der Waals surface area contributed by atoms with Crippen LogP contribution in [-0.4, -0.2) is 38.1 Å². The van der Waals surface area contributed by atoms with Crippen molar-refractivity contribution in [3.63, 3.8) is 0 Å². The van der Waals surface area contributed by atoms with Gasteiger partial charge in [0.05, 0.1) is 0 Å². The zero-order valence-electron chi connectivity index (χ0n) is 13.2. The third-order valence-electron chi connectivity index (χ3n) is 4.20. The molecule has 1 aromatic carbocycles. The molecule has 0 bridgehead atoms. The predicted octanol–water partition coefficient (Wildman–Crippen LogP) is 3.02. The monoisotopic (exact) mass is 275 g/mol. The lowest BCUT2D eigenvalue weighted by atomic mass is 10.0. The van der Waals surface area contributed by atoms with Crippen LogP contribution >= 0.6 is 0 Å². The second-order valence-electron chi connectivity index (χ2n) is 6.06. The second kappa shape index (κ2) is 7.09. The number of rotatable bonds is 8. The smallest absolute Gasteiger partial charge is 0.0473 e. The quantitative estimate of drug-likeness (QED) is 0.791. The Labute approximate surface area is 123 Å². The maximum atomic E-state index is 6.09. The third-order valence-corrected chi connectivity index (χ3v) is 4.20. The molecule has 1 aliphatic carbocycles. The summed E-state index contributed by atoms with van der Waals surface area (Å²) < 4.78 is 0. The SMILES string of the molecule is CCCCN(C1CC1)C(CN)c1ccc(N(C)C)cc1. The Kier molecular flexibility index (Phi) is 5.44. The molecule has 2 N–H and O–H groups in total. The van der Waals surface area contributed by atoms with Gasteiger partial charge in [-0.05, 0) is 43.5 Å². The zero-order valence-corrected chi connectivity index (χ0v) is 13.2. The fourth-order valence-electron chi connectivity index (χ4n) is 2.80. The normalized spacial score (nSPS) is 16.4. The summed E-state index contributed by atoms with van der Waals surface area (Å²) in [7, 11) is 4.15. The lowest BCUT2D eigenvalue weighted by Crippen LogP contribution is -2.36. The van der Waals surface area contributed by atoms with Gasteiger partial charge in [0.25, 0.3) is 0 Å². The van der Waals surface area contributed by atoms with Crippen LogP contribution in [0.2, 0.25) is 0 Å². The summed E-state index contributed by atoms with van der Waals surface area (Å²) in [6, 6.07) is 10.0. The number of benzene rings is 1. The first-order chi connectivity index (χ1) is 9.67. The molecule has 3 nitrogen and oxygen atoms in total. The van der Waals surface area contributed by atoms with Gasteiger partial charge in [0.1, 0.15) is 0 Å². The molecule has 1 atom stereocenters. The molecule has 0 amide bonds. The van der Waals surface area contributed by atoms with Crippen molar-refractivity contribution < 1.29 is 0 Å². The topological polar surface area (TPSA) is 32.5 Å². The van der Waals surface area contributed by atoms with Crippen LogP contribution in [0.25, 0.3) is 0 Å². The van der Waals surface area contributed by atoms with E-state index >= 15 is 0 Å². The number of nitrogens with two attached hydrogens (primary N) is 1. The van der Waals surface area contributed by atoms with Gasteiger partial charge in [-0.1, -0.05) is 25.5 Å². The summed E-state index contributed by atoms with van der Waals surface area (Å²) in [5.41, 5.74) is 8.70. The van der Waals surface area contributed by atoms with E-state index in [1.54, 1.807) is 0 Å². The van der Waals surface area contributed by atoms with E-state index in [4.69, 9.17) is 5.73 Å². The van der Waals surface area contributed by atoms with Gasteiger partial charge in [0, 0.05) is 38.4 Å². The number of hydrogen-bond donors (Lipinski definition) is 1. The van der Waals surface area contributed by atoms with Gasteiger partial charge in [-0.15, -0.1) is 0 Å². The molecule has 0 aromatic heterocycles. The molecule has 3 heteroatoms. The molecule has 112 valence electrons. The molecule has 0 spiro atoms. The van der Waals surface area contributed by atoms with E-state index in [-0.39, 0.29) is 0 Å². The minimum absolute atomic E-state index is 0.380. The van der Waals surface area contributed by atoms with Crippen molar-refractivity contribution in [3.05, 3.63) is 29.8 Å². The van der Waals surface area contributed by atoms with E-state index in [1.807, 2.05) is 0 Å². The van der Waals surface area contributed by atoms with Crippen LogP contribution in [0.3, 0.4) is 0 Å². The van der Waals surface area contributed by atoms with Crippen LogP contribution in [0.1, 0.15) is 44.2 Å². The van der Waals surface area contributed by atoms with Crippen LogP contribution in [0, 0.1) is 0 Å². The standard InChI is InChI=1S/C17H29N3/c1-4-5-12-20(16-10-11-16)17(13-18)14-6-8-15(9-7-14)19(2)3/h6-9,16-17H,4-5,10-13,18H2,1-3H3. The number of anilines is 1. The Morgan fingerprint density at radius 3 is 2.30 bits per heavy atom. The maximum Gasteiger partial charge on any atom is 0.0473 e. The highest BCUT2D eigenvalue weighted by atomic mass is 15.2. The first-order valence-corrected chi connectivity index (χ1v) is 7.90. The van der Waals surface area contributed by atoms with Crippen molar-refractivity contribution in [1.82, 2.24) is 4.90 Å². The zero-order chi connectivity index (χ0) is 14.5. The van der Waals surface area contributed by atoms with Crippen molar-refractivity contribution in [2.75, 3.05) is 32.1 Å². The highest BCUT2D eigenvalue weighted by Crippen LogP contribution is 2.34. The molecule has 1 aliphatic rings. The van der Waals surface area contributed by atoms with E-state index in [9.17, 15) is 0 Å². The lowest BCUT2D eigenvalue weighted by Gasteiger charge is -2.31. The van der Waals surface area contributed by atoms with Crippen molar-refractivity contribution in [1.29, 1.82) is 0 Å². The maximum absolute atomic E-state index is 6.09. The molecule has 0 radical (unpaired) electrons. The van der Waals surface area contributed by atoms with Crippen LogP contribution in [0.15, 0.2) is 24.3 Å². The number of unbranched alkanes of at least 4 members (excludes halogenated alkanes) is 1. The van der Waals surface area contributed by atoms with E-state index in [1.165, 1.54) is 43.5 Å². The van der Waals surface area contributed by atoms with Gasteiger partial charge in [0.2, 0.25) is 0 Å². The molecule has 20 heavy (non-hydrogen) atoms. The van der Waals surface area contributed by atoms with Gasteiger partial charge in [-0.2, -0.15) is 0 Å². The third kappa shape index (κ3) is 3.74. The molecule has 0 saturated heterocycles. The van der Waals surface area contributed by atoms with Crippen molar-refractivity contribution in [2.45, 2.75) is 44.7 Å². The Hall–Kier alpha value is -1.06. The van der Waals surface area contributed by atoms with E-state index in [0.29, 0.717) is 12.6 Å². The Balaban J connectivity index is 2.12. The van der Waals surface area contributed by atoms with Crippen LogP contribution in [-0.2, 0) is 0 Å². The minimum atomic E-state index is 0.380. The predicted molar refractivity (Wildman–Crippen MR) is 87.2 cm³/mol. The molecule has 0 heterocycles. The van der Waals surface area contributed by atoms with E-state index in [2.05, 4.69) is 55.1 Å². The highest BCUT2D eigenvalue weighted by Gasteiger charge is 2.33. The fourth-order valence-corrected chi connectivity index (χ4v) is 2.80. The van der Waals surface area contributed by atoms with Crippen molar-refractivity contribution in [3.8, 4) is 0 Å². The molecule has 0 aliphatic heterocycles. The second-order valence-corrected chi connectivity index (χ2v) is 6.06. The summed E-state index contributed by atoms with van der Waals surface area (Å²) in [5.74, 6) is 0. The summed E-state index contributed by atoms with van der Waals surface area (Å²) in [4.78, 5) is 4.77. The van der Waals surface area contributed by atoms with Crippen LogP contribution < -0.4 is 10.6 Å². The van der Waals surface area contributed by atoms with Gasteiger partial charge >= 0.3 is 0 Å². The number of hydrogen-bond acceptors (Lipinski definition) is 3. The number of nitrogens with zero attached hydrogens (tertiary/aromatic N) is 2. The van der Waals surface area contributed by atoms with Crippen molar-refractivity contribution in [2.24, 2.45) is 5.73 Å². The average Bonchev–Trinajstić information content (AvgIpc) is 3.28. The first-order valence-electron chi connectivity index (χ1n) is 7.90. The van der Waals surface area contributed by atoms with E-state index in [0.717, 1.165) is 6.04 Å². The first kappa shape index (κ1) is 15.3. The van der Waals surface area contributed by atoms with E-state index < -0.39 is 0 Å². The molecular formula is C17H29N3. The Morgan fingerprint density at radius 2 is 1.85 bits per heavy atom. The lowest BCUT2D eigenvalue weighted by molar-refractivity contribution is 0.188. The minimum Gasteiger partial charge on any atom is -0.378 e. The van der Waals surface area contributed by atoms with Crippen molar-refractivity contribution >= 4 is 5.69 Å². The summed E-state index contributed by atoms with van der Waals surface area (Å²) >= 11 is 0. The molecule has 1 saturated carbocycles. The molecule has 1 unspecified atom stereocenters. The molecular weight excluding hydrogens is 246 g/mol.